The summed E-state index contributed by atoms with van der Waals surface area (Å²) in [5.74, 6) is 3.06. The van der Waals surface area contributed by atoms with Crippen LogP contribution in [0.5, 0.6) is 0 Å². The van der Waals surface area contributed by atoms with Crippen molar-refractivity contribution in [3.05, 3.63) is 0 Å². The zero-order valence-electron chi connectivity index (χ0n) is 9.87. The van der Waals surface area contributed by atoms with Crippen molar-refractivity contribution in [2.45, 2.75) is 19.8 Å². The highest BCUT2D eigenvalue weighted by Crippen LogP contribution is 2.21. The molecule has 0 atom stereocenters. The van der Waals surface area contributed by atoms with E-state index in [4.69, 9.17) is 0 Å². The topological polar surface area (TPSA) is 58.2 Å². The van der Waals surface area contributed by atoms with Crippen molar-refractivity contribution >= 4 is 21.8 Å². The van der Waals surface area contributed by atoms with Crippen LogP contribution in [0.2, 0.25) is 0 Å². The second kappa shape index (κ2) is 7.53. The Morgan fingerprint density at radius 3 is 2.62 bits per heavy atom. The van der Waals surface area contributed by atoms with Gasteiger partial charge in [0, 0.05) is 13.1 Å². The Morgan fingerprint density at radius 1 is 1.31 bits per heavy atom. The van der Waals surface area contributed by atoms with Gasteiger partial charge in [-0.3, -0.25) is 0 Å². The molecule has 1 aliphatic heterocycles. The second-order valence-corrected chi connectivity index (χ2v) is 7.23. The molecule has 0 aromatic rings. The Kier molecular flexibility index (Phi) is 6.72. The van der Waals surface area contributed by atoms with E-state index < -0.39 is 10.0 Å². The van der Waals surface area contributed by atoms with Crippen LogP contribution in [0.25, 0.3) is 0 Å². The SMILES string of the molecule is CCNCCS(=O)(=O)NCC1CCSCC1. The smallest absolute Gasteiger partial charge is 0.212 e. The molecule has 1 aliphatic rings. The van der Waals surface area contributed by atoms with Crippen LogP contribution in [0.1, 0.15) is 19.8 Å². The maximum absolute atomic E-state index is 11.6. The van der Waals surface area contributed by atoms with E-state index in [1.54, 1.807) is 0 Å². The van der Waals surface area contributed by atoms with Gasteiger partial charge in [-0.2, -0.15) is 11.8 Å². The zero-order chi connectivity index (χ0) is 11.9. The van der Waals surface area contributed by atoms with Crippen LogP contribution < -0.4 is 10.0 Å². The van der Waals surface area contributed by atoms with Crippen molar-refractivity contribution in [3.63, 3.8) is 0 Å². The number of rotatable bonds is 7. The summed E-state index contributed by atoms with van der Waals surface area (Å²) in [6.45, 7) is 3.94. The van der Waals surface area contributed by atoms with Crippen LogP contribution >= 0.6 is 11.8 Å². The second-order valence-electron chi connectivity index (χ2n) is 4.08. The standard InChI is InChI=1S/C10H22N2O2S2/c1-2-11-5-8-16(13,14)12-9-10-3-6-15-7-4-10/h10-12H,2-9H2,1H3. The van der Waals surface area contributed by atoms with E-state index in [0.29, 0.717) is 19.0 Å². The number of hydrogen-bond donors (Lipinski definition) is 2. The van der Waals surface area contributed by atoms with E-state index >= 15 is 0 Å². The summed E-state index contributed by atoms with van der Waals surface area (Å²) in [6, 6.07) is 0. The molecule has 1 fully saturated rings. The molecule has 1 rings (SSSR count). The number of thioether (sulfide) groups is 1. The quantitative estimate of drug-likeness (QED) is 0.665. The minimum atomic E-state index is -3.07. The van der Waals surface area contributed by atoms with Gasteiger partial charge in [0.2, 0.25) is 10.0 Å². The summed E-state index contributed by atoms with van der Waals surface area (Å²) in [5, 5.41) is 3.02. The Hall–Kier alpha value is 0.220. The minimum absolute atomic E-state index is 0.183. The van der Waals surface area contributed by atoms with Crippen LogP contribution in [-0.2, 0) is 10.0 Å². The lowest BCUT2D eigenvalue weighted by molar-refractivity contribution is 0.476. The number of nitrogens with one attached hydrogen (secondary N) is 2. The van der Waals surface area contributed by atoms with Crippen molar-refractivity contribution in [2.75, 3.05) is 36.9 Å². The van der Waals surface area contributed by atoms with E-state index in [9.17, 15) is 8.42 Å². The van der Waals surface area contributed by atoms with Crippen molar-refractivity contribution in [3.8, 4) is 0 Å². The van der Waals surface area contributed by atoms with E-state index in [-0.39, 0.29) is 5.75 Å². The third-order valence-corrected chi connectivity index (χ3v) is 5.13. The molecule has 0 aromatic carbocycles. The van der Waals surface area contributed by atoms with Gasteiger partial charge < -0.3 is 5.32 Å². The average Bonchev–Trinajstić information content (AvgIpc) is 2.28. The van der Waals surface area contributed by atoms with Crippen LogP contribution in [0.4, 0.5) is 0 Å². The van der Waals surface area contributed by atoms with Gasteiger partial charge in [-0.15, -0.1) is 0 Å². The Labute approximate surface area is 103 Å². The lowest BCUT2D eigenvalue weighted by Gasteiger charge is -2.21. The maximum Gasteiger partial charge on any atom is 0.212 e. The Bertz CT molecular complexity index is 275. The van der Waals surface area contributed by atoms with Crippen molar-refractivity contribution in [1.82, 2.24) is 10.0 Å². The summed E-state index contributed by atoms with van der Waals surface area (Å²) in [6.07, 6.45) is 2.28. The molecule has 6 heteroatoms. The lowest BCUT2D eigenvalue weighted by atomic mass is 10.0. The fraction of sp³-hybridized carbons (Fsp3) is 1.00. The van der Waals surface area contributed by atoms with E-state index in [2.05, 4.69) is 10.0 Å². The summed E-state index contributed by atoms with van der Waals surface area (Å²) in [4.78, 5) is 0. The largest absolute Gasteiger partial charge is 0.316 e. The minimum Gasteiger partial charge on any atom is -0.316 e. The first-order chi connectivity index (χ1) is 7.64. The molecule has 96 valence electrons. The summed E-state index contributed by atoms with van der Waals surface area (Å²) in [5.41, 5.74) is 0. The molecule has 0 unspecified atom stereocenters. The molecule has 0 bridgehead atoms. The molecule has 1 heterocycles. The van der Waals surface area contributed by atoms with Gasteiger partial charge in [0.25, 0.3) is 0 Å². The zero-order valence-corrected chi connectivity index (χ0v) is 11.5. The van der Waals surface area contributed by atoms with E-state index in [1.165, 1.54) is 11.5 Å². The van der Waals surface area contributed by atoms with Crippen LogP contribution in [0, 0.1) is 5.92 Å². The van der Waals surface area contributed by atoms with Crippen LogP contribution in [0.15, 0.2) is 0 Å². The molecule has 0 aliphatic carbocycles. The molecule has 1 saturated heterocycles. The maximum atomic E-state index is 11.6. The van der Waals surface area contributed by atoms with Crippen LogP contribution in [0.3, 0.4) is 0 Å². The molecule has 0 saturated carbocycles. The van der Waals surface area contributed by atoms with Gasteiger partial charge in [-0.1, -0.05) is 6.92 Å². The van der Waals surface area contributed by atoms with Crippen molar-refractivity contribution in [2.24, 2.45) is 5.92 Å². The molecule has 2 N–H and O–H groups in total. The van der Waals surface area contributed by atoms with E-state index in [0.717, 1.165) is 19.4 Å². The number of sulfonamides is 1. The summed E-state index contributed by atoms with van der Waals surface area (Å²) >= 11 is 1.96. The Balaban J connectivity index is 2.18. The molecule has 0 aromatic heterocycles. The monoisotopic (exact) mass is 266 g/mol. The predicted octanol–water partition coefficient (Wildman–Crippen LogP) is 0.659. The van der Waals surface area contributed by atoms with Gasteiger partial charge in [-0.05, 0) is 36.8 Å². The van der Waals surface area contributed by atoms with Crippen molar-refractivity contribution < 1.29 is 8.42 Å². The fourth-order valence-electron chi connectivity index (χ4n) is 1.65. The molecular formula is C10H22N2O2S2. The molecule has 4 nitrogen and oxygen atoms in total. The highest BCUT2D eigenvalue weighted by atomic mass is 32.2. The fourth-order valence-corrected chi connectivity index (χ4v) is 3.90. The third kappa shape index (κ3) is 6.08. The van der Waals surface area contributed by atoms with Gasteiger partial charge in [-0.25, -0.2) is 13.1 Å². The van der Waals surface area contributed by atoms with Crippen LogP contribution in [-0.4, -0.2) is 45.3 Å². The third-order valence-electron chi connectivity index (χ3n) is 2.73. The number of hydrogen-bond acceptors (Lipinski definition) is 4. The summed E-state index contributed by atoms with van der Waals surface area (Å²) < 4.78 is 25.9. The Morgan fingerprint density at radius 2 is 2.00 bits per heavy atom. The predicted molar refractivity (Wildman–Crippen MR) is 70.4 cm³/mol. The molecule has 0 amide bonds. The normalized spacial score (nSPS) is 18.8. The summed E-state index contributed by atoms with van der Waals surface area (Å²) in [7, 11) is -3.07. The van der Waals surface area contributed by atoms with Gasteiger partial charge in [0.05, 0.1) is 5.75 Å². The van der Waals surface area contributed by atoms with Gasteiger partial charge in [0.1, 0.15) is 0 Å². The average molecular weight is 266 g/mol. The molecular weight excluding hydrogens is 244 g/mol. The lowest BCUT2D eigenvalue weighted by Crippen LogP contribution is -2.35. The molecule has 0 radical (unpaired) electrons. The highest BCUT2D eigenvalue weighted by Gasteiger charge is 2.16. The van der Waals surface area contributed by atoms with Gasteiger partial charge in [0.15, 0.2) is 0 Å². The first-order valence-electron chi connectivity index (χ1n) is 5.90. The first-order valence-corrected chi connectivity index (χ1v) is 8.70. The first kappa shape index (κ1) is 14.3. The van der Waals surface area contributed by atoms with E-state index in [1.807, 2.05) is 18.7 Å². The molecule has 0 spiro atoms. The van der Waals surface area contributed by atoms with Crippen molar-refractivity contribution in [1.29, 1.82) is 0 Å². The highest BCUT2D eigenvalue weighted by molar-refractivity contribution is 7.99. The molecule has 16 heavy (non-hydrogen) atoms. The van der Waals surface area contributed by atoms with Gasteiger partial charge >= 0.3 is 0 Å².